The Morgan fingerprint density at radius 3 is 3.05 bits per heavy atom. The van der Waals surface area contributed by atoms with Crippen molar-refractivity contribution in [2.24, 2.45) is 16.6 Å². The monoisotopic (exact) mass is 296 g/mol. The molecule has 3 unspecified atom stereocenters. The first-order valence-electron chi connectivity index (χ1n) is 6.61. The molecule has 3 rings (SSSR count). The van der Waals surface area contributed by atoms with E-state index in [1.54, 1.807) is 18.2 Å². The summed E-state index contributed by atoms with van der Waals surface area (Å²) < 4.78 is 19.9. The molecular formula is C14H17FN2O2S. The first kappa shape index (κ1) is 13.9. The number of aliphatic imine (C=N–C) groups is 1. The molecule has 1 aromatic carbocycles. The van der Waals surface area contributed by atoms with Crippen molar-refractivity contribution in [1.82, 2.24) is 0 Å². The molecule has 2 heterocycles. The van der Waals surface area contributed by atoms with Gasteiger partial charge in [-0.3, -0.25) is 0 Å². The molecule has 4 nitrogen and oxygen atoms in total. The predicted molar refractivity (Wildman–Crippen MR) is 77.1 cm³/mol. The number of thioether (sulfide) groups is 1. The van der Waals surface area contributed by atoms with Crippen molar-refractivity contribution < 1.29 is 14.2 Å². The fourth-order valence-corrected chi connectivity index (χ4v) is 4.00. The third kappa shape index (κ3) is 2.21. The van der Waals surface area contributed by atoms with Crippen LogP contribution in [0.4, 0.5) is 4.39 Å². The maximum atomic E-state index is 14.2. The number of fused-ring (bicyclic) bond motifs is 1. The van der Waals surface area contributed by atoms with E-state index in [1.807, 2.05) is 0 Å². The Morgan fingerprint density at radius 2 is 2.30 bits per heavy atom. The van der Waals surface area contributed by atoms with E-state index in [9.17, 15) is 9.50 Å². The molecule has 0 radical (unpaired) electrons. The molecule has 0 amide bonds. The molecule has 3 atom stereocenters. The molecule has 1 saturated heterocycles. The third-order valence-electron chi connectivity index (χ3n) is 4.05. The Morgan fingerprint density at radius 1 is 1.50 bits per heavy atom. The lowest BCUT2D eigenvalue weighted by Gasteiger charge is -2.46. The summed E-state index contributed by atoms with van der Waals surface area (Å²) in [5.41, 5.74) is 5.64. The highest BCUT2D eigenvalue weighted by Gasteiger charge is 2.49. The van der Waals surface area contributed by atoms with Gasteiger partial charge in [0.05, 0.1) is 19.3 Å². The molecule has 0 spiro atoms. The van der Waals surface area contributed by atoms with Crippen LogP contribution >= 0.6 is 11.8 Å². The van der Waals surface area contributed by atoms with Crippen molar-refractivity contribution in [2.75, 3.05) is 19.0 Å². The minimum atomic E-state index is -0.758. The molecule has 3 N–H and O–H groups in total. The van der Waals surface area contributed by atoms with E-state index in [0.29, 0.717) is 17.2 Å². The van der Waals surface area contributed by atoms with E-state index in [-0.39, 0.29) is 31.1 Å². The number of nitrogens with two attached hydrogens (primary N) is 1. The maximum absolute atomic E-state index is 14.2. The number of benzene rings is 1. The number of aliphatic hydroxyl groups is 1. The SMILES string of the molecule is NC1=NC2(c3ccccc3F)COC(CO)CC2CS1. The molecule has 1 aromatic rings. The van der Waals surface area contributed by atoms with Crippen LogP contribution in [-0.4, -0.2) is 35.3 Å². The van der Waals surface area contributed by atoms with Gasteiger partial charge < -0.3 is 15.6 Å². The molecule has 108 valence electrons. The highest BCUT2D eigenvalue weighted by molar-refractivity contribution is 8.13. The quantitative estimate of drug-likeness (QED) is 0.867. The number of nitrogens with zero attached hydrogens (tertiary/aromatic N) is 1. The zero-order valence-electron chi connectivity index (χ0n) is 11.0. The summed E-state index contributed by atoms with van der Waals surface area (Å²) in [5, 5.41) is 9.74. The van der Waals surface area contributed by atoms with E-state index >= 15 is 0 Å². The summed E-state index contributed by atoms with van der Waals surface area (Å²) in [5.74, 6) is 0.596. The average molecular weight is 296 g/mol. The van der Waals surface area contributed by atoms with Crippen LogP contribution in [-0.2, 0) is 10.3 Å². The van der Waals surface area contributed by atoms with Gasteiger partial charge in [0.1, 0.15) is 11.4 Å². The fraction of sp³-hybridized carbons (Fsp3) is 0.500. The second-order valence-electron chi connectivity index (χ2n) is 5.21. The van der Waals surface area contributed by atoms with Gasteiger partial charge in [-0.15, -0.1) is 0 Å². The minimum Gasteiger partial charge on any atom is -0.394 e. The Balaban J connectivity index is 2.06. The standard InChI is InChI=1S/C14H17FN2O2S/c15-12-4-2-1-3-11(12)14-8-19-10(6-18)5-9(14)7-20-13(16)17-14/h1-4,9-10,18H,5-8H2,(H2,16,17). The summed E-state index contributed by atoms with van der Waals surface area (Å²) in [7, 11) is 0. The second kappa shape index (κ2) is 5.35. The number of amidine groups is 1. The first-order valence-corrected chi connectivity index (χ1v) is 7.60. The molecule has 0 aliphatic carbocycles. The van der Waals surface area contributed by atoms with Crippen LogP contribution in [0.5, 0.6) is 0 Å². The lowest BCUT2D eigenvalue weighted by molar-refractivity contribution is -0.0770. The van der Waals surface area contributed by atoms with E-state index in [0.717, 1.165) is 5.75 Å². The lowest BCUT2D eigenvalue weighted by atomic mass is 9.75. The summed E-state index contributed by atoms with van der Waals surface area (Å²) >= 11 is 1.48. The van der Waals surface area contributed by atoms with Gasteiger partial charge in [-0.2, -0.15) is 0 Å². The number of ether oxygens (including phenoxy) is 1. The van der Waals surface area contributed by atoms with Gasteiger partial charge in [-0.05, 0) is 12.5 Å². The largest absolute Gasteiger partial charge is 0.394 e. The van der Waals surface area contributed by atoms with Crippen molar-refractivity contribution in [3.05, 3.63) is 35.6 Å². The van der Waals surface area contributed by atoms with Gasteiger partial charge in [-0.1, -0.05) is 30.0 Å². The highest BCUT2D eigenvalue weighted by atomic mass is 32.2. The van der Waals surface area contributed by atoms with Crippen molar-refractivity contribution in [1.29, 1.82) is 0 Å². The number of aliphatic hydroxyl groups excluding tert-OH is 1. The third-order valence-corrected chi connectivity index (χ3v) is 5.00. The van der Waals surface area contributed by atoms with Crippen LogP contribution < -0.4 is 5.73 Å². The topological polar surface area (TPSA) is 67.8 Å². The molecule has 2 aliphatic rings. The molecule has 0 saturated carbocycles. The van der Waals surface area contributed by atoms with E-state index < -0.39 is 5.54 Å². The average Bonchev–Trinajstić information content (AvgIpc) is 2.47. The number of hydrogen-bond acceptors (Lipinski definition) is 5. The van der Waals surface area contributed by atoms with Crippen molar-refractivity contribution in [3.63, 3.8) is 0 Å². The van der Waals surface area contributed by atoms with E-state index in [4.69, 9.17) is 10.5 Å². The maximum Gasteiger partial charge on any atom is 0.154 e. The van der Waals surface area contributed by atoms with Crippen LogP contribution in [0, 0.1) is 11.7 Å². The van der Waals surface area contributed by atoms with Gasteiger partial charge in [0.2, 0.25) is 0 Å². The molecule has 1 fully saturated rings. The summed E-state index contributed by atoms with van der Waals surface area (Å²) in [6, 6.07) is 6.65. The predicted octanol–water partition coefficient (Wildman–Crippen LogP) is 1.48. The fourth-order valence-electron chi connectivity index (χ4n) is 2.98. The minimum absolute atomic E-state index is 0.0201. The van der Waals surface area contributed by atoms with Crippen molar-refractivity contribution in [2.45, 2.75) is 18.1 Å². The summed E-state index contributed by atoms with van der Waals surface area (Å²) in [6.07, 6.45) is 0.462. The van der Waals surface area contributed by atoms with Crippen LogP contribution in [0.25, 0.3) is 0 Å². The molecule has 20 heavy (non-hydrogen) atoms. The molecule has 6 heteroatoms. The van der Waals surface area contributed by atoms with Crippen molar-refractivity contribution in [3.8, 4) is 0 Å². The van der Waals surface area contributed by atoms with E-state index in [1.165, 1.54) is 17.8 Å². The van der Waals surface area contributed by atoms with Crippen LogP contribution in [0.1, 0.15) is 12.0 Å². The molecule has 0 bridgehead atoms. The smallest absolute Gasteiger partial charge is 0.154 e. The Bertz CT molecular complexity index is 540. The molecule has 2 aliphatic heterocycles. The summed E-state index contributed by atoms with van der Waals surface area (Å²) in [6.45, 7) is 0.235. The van der Waals surface area contributed by atoms with Crippen molar-refractivity contribution >= 4 is 16.9 Å². The number of rotatable bonds is 2. The second-order valence-corrected chi connectivity index (χ2v) is 6.25. The van der Waals surface area contributed by atoms with Gasteiger partial charge in [0.15, 0.2) is 5.17 Å². The van der Waals surface area contributed by atoms with Gasteiger partial charge >= 0.3 is 0 Å². The zero-order valence-corrected chi connectivity index (χ0v) is 11.8. The van der Waals surface area contributed by atoms with E-state index in [2.05, 4.69) is 4.99 Å². The zero-order chi connectivity index (χ0) is 14.2. The Labute approximate surface area is 121 Å². The Hall–Kier alpha value is -1.11. The van der Waals surface area contributed by atoms with Gasteiger partial charge in [0.25, 0.3) is 0 Å². The Kier molecular flexibility index (Phi) is 3.70. The summed E-state index contributed by atoms with van der Waals surface area (Å²) in [4.78, 5) is 4.55. The van der Waals surface area contributed by atoms with Crippen LogP contribution in [0.15, 0.2) is 29.3 Å². The molecular weight excluding hydrogens is 279 g/mol. The normalized spacial score (nSPS) is 33.4. The van der Waals surface area contributed by atoms with Crippen LogP contribution in [0.3, 0.4) is 0 Å². The van der Waals surface area contributed by atoms with Crippen LogP contribution in [0.2, 0.25) is 0 Å². The first-order chi connectivity index (χ1) is 9.65. The number of halogens is 1. The number of hydrogen-bond donors (Lipinski definition) is 2. The molecule has 0 aromatic heterocycles. The van der Waals surface area contributed by atoms with Gasteiger partial charge in [0, 0.05) is 17.2 Å². The van der Waals surface area contributed by atoms with Gasteiger partial charge in [-0.25, -0.2) is 9.38 Å². The highest BCUT2D eigenvalue weighted by Crippen LogP contribution is 2.46. The lowest BCUT2D eigenvalue weighted by Crippen LogP contribution is -2.51.